The van der Waals surface area contributed by atoms with Crippen LogP contribution in [0.15, 0.2) is 83.8 Å². The largest absolute Gasteiger partial charge is 0.478 e. The number of hydrogen-bond acceptors (Lipinski definition) is 7. The Morgan fingerprint density at radius 1 is 0.977 bits per heavy atom. The Kier molecular flexibility index (Phi) is 8.95. The van der Waals surface area contributed by atoms with Gasteiger partial charge in [0.1, 0.15) is 4.32 Å². The number of carbonyl (C=O) groups is 2. The van der Waals surface area contributed by atoms with E-state index in [1.165, 1.54) is 17.3 Å². The summed E-state index contributed by atoms with van der Waals surface area (Å²) in [5.74, 6) is -1.07. The predicted octanol–water partition coefficient (Wildman–Crippen LogP) is 5.92. The maximum absolute atomic E-state index is 13.3. The Hall–Kier alpha value is -3.89. The molecule has 2 fully saturated rings. The van der Waals surface area contributed by atoms with E-state index in [-0.39, 0.29) is 11.5 Å². The number of thioether (sulfide) groups is 1. The van der Waals surface area contributed by atoms with E-state index in [0.717, 1.165) is 72.6 Å². The zero-order chi connectivity index (χ0) is 29.8. The van der Waals surface area contributed by atoms with Crippen LogP contribution in [0.2, 0.25) is 0 Å². The van der Waals surface area contributed by atoms with Gasteiger partial charge in [0.15, 0.2) is 0 Å². The summed E-state index contributed by atoms with van der Waals surface area (Å²) in [6, 6.07) is 25.3. The highest BCUT2D eigenvalue weighted by Crippen LogP contribution is 2.34. The second-order valence-electron chi connectivity index (χ2n) is 10.6. The van der Waals surface area contributed by atoms with E-state index < -0.39 is 5.97 Å². The fraction of sp³-hybridized carbons (Fsp3) is 0.235. The number of carboxylic acid groups (broad SMARTS) is 1. The first-order chi connectivity index (χ1) is 20.9. The van der Waals surface area contributed by atoms with E-state index in [2.05, 4.69) is 29.2 Å². The van der Waals surface area contributed by atoms with E-state index in [0.29, 0.717) is 22.2 Å². The lowest BCUT2D eigenvalue weighted by atomic mass is 9.99. The lowest BCUT2D eigenvalue weighted by Crippen LogP contribution is -2.37. The van der Waals surface area contributed by atoms with Gasteiger partial charge in [0, 0.05) is 37.1 Å². The van der Waals surface area contributed by atoms with Crippen LogP contribution in [-0.4, -0.2) is 75.5 Å². The second-order valence-corrected chi connectivity index (χ2v) is 12.3. The predicted molar refractivity (Wildman–Crippen MR) is 175 cm³/mol. The molecule has 1 aromatic heterocycles. The third kappa shape index (κ3) is 6.86. The van der Waals surface area contributed by atoms with Crippen LogP contribution in [0.1, 0.15) is 27.0 Å². The standard InChI is InChI=1S/C34H31N3O4S2/c38-32-30(43-34(42)37(32)15-12-23-8-10-25(11-9-23)33(39)40)21-24-4-3-6-27(20-24)31-28(13-14-36-16-18-41-19-17-36)22-26-5-1-2-7-29(26)35-31/h1-11,20-22H,12-19H2,(H,39,40). The highest BCUT2D eigenvalue weighted by Gasteiger charge is 2.31. The fourth-order valence-corrected chi connectivity index (χ4v) is 6.69. The van der Waals surface area contributed by atoms with Gasteiger partial charge in [-0.25, -0.2) is 9.78 Å². The van der Waals surface area contributed by atoms with Crippen LogP contribution in [0.3, 0.4) is 0 Å². The number of nitrogens with zero attached hydrogens (tertiary/aromatic N) is 3. The van der Waals surface area contributed by atoms with Crippen molar-refractivity contribution in [2.75, 3.05) is 39.4 Å². The molecule has 0 atom stereocenters. The molecule has 2 aliphatic rings. The number of morpholine rings is 1. The molecule has 2 aliphatic heterocycles. The summed E-state index contributed by atoms with van der Waals surface area (Å²) in [6.07, 6.45) is 3.37. The zero-order valence-electron chi connectivity index (χ0n) is 23.6. The van der Waals surface area contributed by atoms with Crippen molar-refractivity contribution in [2.24, 2.45) is 0 Å². The van der Waals surface area contributed by atoms with Gasteiger partial charge in [0.2, 0.25) is 0 Å². The number of amides is 1. The van der Waals surface area contributed by atoms with E-state index in [9.17, 15) is 9.59 Å². The molecule has 3 heterocycles. The third-order valence-electron chi connectivity index (χ3n) is 7.76. The number of aromatic nitrogens is 1. The molecule has 43 heavy (non-hydrogen) atoms. The first kappa shape index (κ1) is 29.2. The number of rotatable bonds is 9. The smallest absolute Gasteiger partial charge is 0.335 e. The number of fused-ring (bicyclic) bond motifs is 1. The summed E-state index contributed by atoms with van der Waals surface area (Å²) in [5.41, 5.74) is 6.23. The van der Waals surface area contributed by atoms with E-state index in [1.807, 2.05) is 36.4 Å². The number of hydrogen-bond donors (Lipinski definition) is 1. The Balaban J connectivity index is 1.21. The number of ether oxygens (including phenoxy) is 1. The molecule has 6 rings (SSSR count). The highest BCUT2D eigenvalue weighted by molar-refractivity contribution is 8.26. The minimum atomic E-state index is -0.960. The summed E-state index contributed by atoms with van der Waals surface area (Å²) >= 11 is 6.86. The molecule has 0 aliphatic carbocycles. The number of carboxylic acids is 1. The number of thiocarbonyl (C=S) groups is 1. The fourth-order valence-electron chi connectivity index (χ4n) is 5.38. The summed E-state index contributed by atoms with van der Waals surface area (Å²) < 4.78 is 6.05. The van der Waals surface area contributed by atoms with Crippen LogP contribution in [0.4, 0.5) is 0 Å². The van der Waals surface area contributed by atoms with Crippen LogP contribution in [-0.2, 0) is 22.4 Å². The average Bonchev–Trinajstić information content (AvgIpc) is 3.30. The van der Waals surface area contributed by atoms with Crippen molar-refractivity contribution in [1.82, 2.24) is 14.8 Å². The van der Waals surface area contributed by atoms with Gasteiger partial charge in [0.25, 0.3) is 5.91 Å². The summed E-state index contributed by atoms with van der Waals surface area (Å²) in [7, 11) is 0. The summed E-state index contributed by atoms with van der Waals surface area (Å²) in [5, 5.41) is 10.2. The molecule has 4 aromatic rings. The Morgan fingerprint density at radius 2 is 1.77 bits per heavy atom. The second kappa shape index (κ2) is 13.2. The van der Waals surface area contributed by atoms with E-state index in [1.54, 1.807) is 29.2 Å². The van der Waals surface area contributed by atoms with Crippen LogP contribution in [0.25, 0.3) is 28.2 Å². The molecule has 7 nitrogen and oxygen atoms in total. The van der Waals surface area contributed by atoms with Crippen molar-refractivity contribution in [1.29, 1.82) is 0 Å². The summed E-state index contributed by atoms with van der Waals surface area (Å²) in [4.78, 5) is 34.2. The van der Waals surface area contributed by atoms with Crippen molar-refractivity contribution < 1.29 is 19.4 Å². The Bertz CT molecular complexity index is 1710. The topological polar surface area (TPSA) is 83.0 Å². The number of carbonyl (C=O) groups excluding carboxylic acids is 1. The van der Waals surface area contributed by atoms with Gasteiger partial charge in [-0.15, -0.1) is 0 Å². The SMILES string of the molecule is O=C(O)c1ccc(CCN2C(=O)C(=Cc3cccc(-c4nc5ccccc5cc4CCN4CCOCC4)c3)SC2=S)cc1. The van der Waals surface area contributed by atoms with Crippen molar-refractivity contribution >= 4 is 57.2 Å². The molecule has 218 valence electrons. The molecule has 3 aromatic carbocycles. The van der Waals surface area contributed by atoms with E-state index in [4.69, 9.17) is 27.0 Å². The molecule has 0 saturated carbocycles. The van der Waals surface area contributed by atoms with Crippen LogP contribution in [0.5, 0.6) is 0 Å². The van der Waals surface area contributed by atoms with Crippen LogP contribution in [0, 0.1) is 0 Å². The minimum Gasteiger partial charge on any atom is -0.478 e. The van der Waals surface area contributed by atoms with Gasteiger partial charge < -0.3 is 9.84 Å². The Morgan fingerprint density at radius 3 is 2.56 bits per heavy atom. The summed E-state index contributed by atoms with van der Waals surface area (Å²) in [6.45, 7) is 4.82. The van der Waals surface area contributed by atoms with Gasteiger partial charge in [-0.05, 0) is 65.9 Å². The monoisotopic (exact) mass is 609 g/mol. The Labute approximate surface area is 260 Å². The van der Waals surface area contributed by atoms with Gasteiger partial charge in [-0.2, -0.15) is 0 Å². The first-order valence-electron chi connectivity index (χ1n) is 14.3. The molecule has 0 radical (unpaired) electrons. The molecule has 1 amide bonds. The molecular weight excluding hydrogens is 579 g/mol. The van der Waals surface area contributed by atoms with Gasteiger partial charge in [-0.1, -0.05) is 72.5 Å². The van der Waals surface area contributed by atoms with Crippen molar-refractivity contribution in [3.8, 4) is 11.3 Å². The third-order valence-corrected chi connectivity index (χ3v) is 9.14. The number of pyridine rings is 1. The molecule has 1 N–H and O–H groups in total. The molecule has 0 unspecified atom stereocenters. The van der Waals surface area contributed by atoms with Crippen molar-refractivity contribution in [3.63, 3.8) is 0 Å². The van der Waals surface area contributed by atoms with Crippen LogP contribution < -0.4 is 0 Å². The average molecular weight is 610 g/mol. The van der Waals surface area contributed by atoms with Crippen LogP contribution >= 0.6 is 24.0 Å². The quantitative estimate of drug-likeness (QED) is 0.185. The lowest BCUT2D eigenvalue weighted by molar-refractivity contribution is -0.122. The maximum Gasteiger partial charge on any atom is 0.335 e. The van der Waals surface area contributed by atoms with Gasteiger partial charge in [-0.3, -0.25) is 14.6 Å². The highest BCUT2D eigenvalue weighted by atomic mass is 32.2. The molecule has 0 bridgehead atoms. The van der Waals surface area contributed by atoms with Gasteiger partial charge in [0.05, 0.1) is 34.9 Å². The minimum absolute atomic E-state index is 0.113. The van der Waals surface area contributed by atoms with E-state index >= 15 is 0 Å². The normalized spacial score (nSPS) is 16.8. The molecule has 0 spiro atoms. The number of benzene rings is 3. The zero-order valence-corrected chi connectivity index (χ0v) is 25.2. The number of aromatic carboxylic acids is 1. The maximum atomic E-state index is 13.3. The molecule has 9 heteroatoms. The van der Waals surface area contributed by atoms with Crippen molar-refractivity contribution in [3.05, 3.63) is 106 Å². The number of para-hydroxylation sites is 1. The van der Waals surface area contributed by atoms with Gasteiger partial charge >= 0.3 is 5.97 Å². The lowest BCUT2D eigenvalue weighted by Gasteiger charge is -2.26. The first-order valence-corrected chi connectivity index (χ1v) is 15.5. The molecule has 2 saturated heterocycles. The molecular formula is C34H31N3O4S2. The van der Waals surface area contributed by atoms with Crippen molar-refractivity contribution in [2.45, 2.75) is 12.8 Å².